The van der Waals surface area contributed by atoms with Crippen LogP contribution in [0.2, 0.25) is 5.02 Å². The summed E-state index contributed by atoms with van der Waals surface area (Å²) in [5.41, 5.74) is 1.51. The van der Waals surface area contributed by atoms with E-state index in [1.165, 1.54) is 0 Å². The number of methoxy groups -OCH3 is 1. The molecule has 1 saturated heterocycles. The first-order chi connectivity index (χ1) is 10.2. The summed E-state index contributed by atoms with van der Waals surface area (Å²) in [6.45, 7) is 5.13. The molecule has 4 nitrogen and oxygen atoms in total. The van der Waals surface area contributed by atoms with Gasteiger partial charge in [-0.25, -0.2) is 0 Å². The minimum atomic E-state index is 0.0596. The van der Waals surface area contributed by atoms with Crippen molar-refractivity contribution >= 4 is 23.2 Å². The van der Waals surface area contributed by atoms with Crippen LogP contribution in [-0.2, 0) is 4.74 Å². The number of nitrogens with one attached hydrogen (secondary N) is 1. The van der Waals surface area contributed by atoms with E-state index >= 15 is 0 Å². The fourth-order valence-electron chi connectivity index (χ4n) is 2.75. The maximum Gasteiger partial charge on any atom is 0.256 e. The lowest BCUT2D eigenvalue weighted by Crippen LogP contribution is -2.39. The molecule has 5 heteroatoms. The van der Waals surface area contributed by atoms with E-state index in [-0.39, 0.29) is 5.91 Å². The van der Waals surface area contributed by atoms with E-state index in [1.54, 1.807) is 19.2 Å². The van der Waals surface area contributed by atoms with Gasteiger partial charge in [0.15, 0.2) is 0 Å². The van der Waals surface area contributed by atoms with Crippen molar-refractivity contribution in [2.75, 3.05) is 38.7 Å². The molecule has 0 aromatic heterocycles. The van der Waals surface area contributed by atoms with Crippen LogP contribution in [0.3, 0.4) is 0 Å². The van der Waals surface area contributed by atoms with Gasteiger partial charge >= 0.3 is 0 Å². The van der Waals surface area contributed by atoms with Crippen LogP contribution >= 0.6 is 11.6 Å². The monoisotopic (exact) mass is 310 g/mol. The van der Waals surface area contributed by atoms with Crippen LogP contribution < -0.4 is 5.32 Å². The third kappa shape index (κ3) is 4.11. The van der Waals surface area contributed by atoms with Crippen molar-refractivity contribution in [3.8, 4) is 0 Å². The van der Waals surface area contributed by atoms with Gasteiger partial charge in [0.1, 0.15) is 0 Å². The van der Waals surface area contributed by atoms with Crippen LogP contribution in [-0.4, -0.2) is 44.2 Å². The first-order valence-electron chi connectivity index (χ1n) is 7.47. The molecular formula is C16H23ClN2O2. The SMILES string of the molecule is CCNc1ccc(Cl)cc1C(=O)N1CCC(COC)CC1. The average Bonchev–Trinajstić information content (AvgIpc) is 2.50. The molecule has 0 atom stereocenters. The molecule has 0 radical (unpaired) electrons. The van der Waals surface area contributed by atoms with Gasteiger partial charge in [0.05, 0.1) is 5.56 Å². The zero-order valence-corrected chi connectivity index (χ0v) is 13.4. The Hall–Kier alpha value is -1.26. The van der Waals surface area contributed by atoms with Crippen molar-refractivity contribution in [3.63, 3.8) is 0 Å². The maximum atomic E-state index is 12.7. The minimum absolute atomic E-state index is 0.0596. The highest BCUT2D eigenvalue weighted by atomic mass is 35.5. The van der Waals surface area contributed by atoms with E-state index < -0.39 is 0 Å². The van der Waals surface area contributed by atoms with E-state index in [9.17, 15) is 4.79 Å². The Kier molecular flexibility index (Phi) is 5.88. The Bertz CT molecular complexity index is 485. The molecule has 1 amide bonds. The van der Waals surface area contributed by atoms with Crippen molar-refractivity contribution in [3.05, 3.63) is 28.8 Å². The molecule has 21 heavy (non-hydrogen) atoms. The van der Waals surface area contributed by atoms with Crippen LogP contribution in [0.25, 0.3) is 0 Å². The number of hydrogen-bond acceptors (Lipinski definition) is 3. The first kappa shape index (κ1) is 16.1. The summed E-state index contributed by atoms with van der Waals surface area (Å²) in [4.78, 5) is 14.6. The van der Waals surface area contributed by atoms with Crippen LogP contribution in [0, 0.1) is 5.92 Å². The summed E-state index contributed by atoms with van der Waals surface area (Å²) in [5, 5.41) is 3.82. The van der Waals surface area contributed by atoms with Crippen molar-refractivity contribution in [1.29, 1.82) is 0 Å². The van der Waals surface area contributed by atoms with Crippen LogP contribution in [0.4, 0.5) is 5.69 Å². The number of benzene rings is 1. The van der Waals surface area contributed by atoms with E-state index in [4.69, 9.17) is 16.3 Å². The molecule has 0 saturated carbocycles. The van der Waals surface area contributed by atoms with Crippen molar-refractivity contribution in [1.82, 2.24) is 4.90 Å². The zero-order chi connectivity index (χ0) is 15.2. The molecule has 1 heterocycles. The molecule has 0 unspecified atom stereocenters. The van der Waals surface area contributed by atoms with Gasteiger partial charge in [0.2, 0.25) is 0 Å². The third-order valence-electron chi connectivity index (χ3n) is 3.88. The molecule has 1 aromatic carbocycles. The number of carbonyl (C=O) groups is 1. The van der Waals surface area contributed by atoms with Crippen molar-refractivity contribution in [2.24, 2.45) is 5.92 Å². The predicted molar refractivity (Wildman–Crippen MR) is 86.1 cm³/mol. The lowest BCUT2D eigenvalue weighted by Gasteiger charge is -2.32. The summed E-state index contributed by atoms with van der Waals surface area (Å²) in [5.74, 6) is 0.621. The standard InChI is InChI=1S/C16H23ClN2O2/c1-3-18-15-5-4-13(17)10-14(15)16(20)19-8-6-12(7-9-19)11-21-2/h4-5,10,12,18H,3,6-9,11H2,1-2H3. The normalized spacial score (nSPS) is 16.0. The van der Waals surface area contributed by atoms with Crippen molar-refractivity contribution < 1.29 is 9.53 Å². The minimum Gasteiger partial charge on any atom is -0.385 e. The molecule has 1 aromatic rings. The number of carbonyl (C=O) groups excluding carboxylic acids is 1. The average molecular weight is 311 g/mol. The number of piperidine rings is 1. The Morgan fingerprint density at radius 2 is 2.14 bits per heavy atom. The second-order valence-electron chi connectivity index (χ2n) is 5.41. The van der Waals surface area contributed by atoms with Crippen LogP contribution in [0.1, 0.15) is 30.1 Å². The van der Waals surface area contributed by atoms with Gasteiger partial charge in [-0.1, -0.05) is 11.6 Å². The lowest BCUT2D eigenvalue weighted by molar-refractivity contribution is 0.0614. The van der Waals surface area contributed by atoms with E-state index in [0.717, 1.165) is 44.8 Å². The fraction of sp³-hybridized carbons (Fsp3) is 0.562. The summed E-state index contributed by atoms with van der Waals surface area (Å²) in [6.07, 6.45) is 1.99. The molecule has 1 N–H and O–H groups in total. The number of anilines is 1. The molecule has 1 aliphatic heterocycles. The number of nitrogens with zero attached hydrogens (tertiary/aromatic N) is 1. The predicted octanol–water partition coefficient (Wildman–Crippen LogP) is 3.27. The van der Waals surface area contributed by atoms with E-state index in [2.05, 4.69) is 5.32 Å². The third-order valence-corrected chi connectivity index (χ3v) is 4.12. The highest BCUT2D eigenvalue weighted by molar-refractivity contribution is 6.31. The largest absolute Gasteiger partial charge is 0.385 e. The molecule has 0 bridgehead atoms. The zero-order valence-electron chi connectivity index (χ0n) is 12.7. The van der Waals surface area contributed by atoms with E-state index in [0.29, 0.717) is 16.5 Å². The number of rotatable bonds is 5. The molecule has 116 valence electrons. The van der Waals surface area contributed by atoms with Gasteiger partial charge in [0.25, 0.3) is 5.91 Å². The Morgan fingerprint density at radius 1 is 1.43 bits per heavy atom. The smallest absolute Gasteiger partial charge is 0.256 e. The van der Waals surface area contributed by atoms with Gasteiger partial charge < -0.3 is 15.0 Å². The second-order valence-corrected chi connectivity index (χ2v) is 5.85. The summed E-state index contributed by atoms with van der Waals surface area (Å²) >= 11 is 6.05. The highest BCUT2D eigenvalue weighted by Gasteiger charge is 2.25. The molecule has 0 spiro atoms. The molecule has 1 fully saturated rings. The number of likely N-dealkylation sites (tertiary alicyclic amines) is 1. The Morgan fingerprint density at radius 3 is 2.76 bits per heavy atom. The van der Waals surface area contributed by atoms with Gasteiger partial charge in [-0.2, -0.15) is 0 Å². The molecule has 2 rings (SSSR count). The van der Waals surface area contributed by atoms with E-state index in [1.807, 2.05) is 17.9 Å². The van der Waals surface area contributed by atoms with Crippen LogP contribution in [0.5, 0.6) is 0 Å². The molecular weight excluding hydrogens is 288 g/mol. The number of amides is 1. The highest BCUT2D eigenvalue weighted by Crippen LogP contribution is 2.25. The molecule has 0 aliphatic carbocycles. The molecule has 1 aliphatic rings. The quantitative estimate of drug-likeness (QED) is 0.907. The van der Waals surface area contributed by atoms with Crippen LogP contribution in [0.15, 0.2) is 18.2 Å². The van der Waals surface area contributed by atoms with Gasteiger partial charge in [-0.05, 0) is 43.9 Å². The first-order valence-corrected chi connectivity index (χ1v) is 7.85. The van der Waals surface area contributed by atoms with Crippen molar-refractivity contribution in [2.45, 2.75) is 19.8 Å². The topological polar surface area (TPSA) is 41.6 Å². The lowest BCUT2D eigenvalue weighted by atomic mass is 9.97. The second kappa shape index (κ2) is 7.66. The fourth-order valence-corrected chi connectivity index (χ4v) is 2.92. The number of halogens is 1. The summed E-state index contributed by atoms with van der Waals surface area (Å²) < 4.78 is 5.20. The van der Waals surface area contributed by atoms with Gasteiger partial charge in [-0.15, -0.1) is 0 Å². The Balaban J connectivity index is 2.08. The summed E-state index contributed by atoms with van der Waals surface area (Å²) in [7, 11) is 1.73. The number of ether oxygens (including phenoxy) is 1. The van der Waals surface area contributed by atoms with Gasteiger partial charge in [-0.3, -0.25) is 4.79 Å². The maximum absolute atomic E-state index is 12.7. The Labute approximate surface area is 131 Å². The van der Waals surface area contributed by atoms with Gasteiger partial charge in [0, 0.05) is 44.1 Å². The number of hydrogen-bond donors (Lipinski definition) is 1. The summed E-state index contributed by atoms with van der Waals surface area (Å²) in [6, 6.07) is 5.43.